The van der Waals surface area contributed by atoms with Crippen molar-refractivity contribution in [2.24, 2.45) is 10.9 Å². The molecule has 290 valence electrons. The largest absolute Gasteiger partial charge is 0.453 e. The Bertz CT molecular complexity index is 2060. The lowest BCUT2D eigenvalue weighted by atomic mass is 10.0. The van der Waals surface area contributed by atoms with Gasteiger partial charge in [-0.15, -0.1) is 0 Å². The number of carbonyl (C=O) groups excluding carboxylic acids is 3. The van der Waals surface area contributed by atoms with E-state index in [1.54, 1.807) is 30.0 Å². The van der Waals surface area contributed by atoms with Gasteiger partial charge in [0.2, 0.25) is 12.3 Å². The number of imidazole rings is 2. The number of benzene rings is 2. The summed E-state index contributed by atoms with van der Waals surface area (Å²) in [7, 11) is 4.19. The van der Waals surface area contributed by atoms with Gasteiger partial charge in [0.15, 0.2) is 6.04 Å². The van der Waals surface area contributed by atoms with Crippen molar-refractivity contribution in [3.63, 3.8) is 0 Å². The third-order valence-electron chi connectivity index (χ3n) is 10.2. The summed E-state index contributed by atoms with van der Waals surface area (Å²) < 4.78 is 10.2. The van der Waals surface area contributed by atoms with Crippen LogP contribution in [0, 0.1) is 17.8 Å². The van der Waals surface area contributed by atoms with Crippen LogP contribution >= 0.6 is 0 Å². The number of hydrogen-bond donors (Lipinski definition) is 3. The van der Waals surface area contributed by atoms with Gasteiger partial charge >= 0.3 is 6.09 Å². The molecule has 4 heterocycles. The number of aromatic amines is 2. The molecule has 2 aromatic heterocycles. The highest BCUT2D eigenvalue weighted by molar-refractivity contribution is 5.87. The van der Waals surface area contributed by atoms with E-state index in [-0.39, 0.29) is 29.8 Å². The average molecular weight is 753 g/mol. The second kappa shape index (κ2) is 17.6. The zero-order chi connectivity index (χ0) is 39.1. The van der Waals surface area contributed by atoms with Crippen LogP contribution in [-0.4, -0.2) is 107 Å². The zero-order valence-corrected chi connectivity index (χ0v) is 32.0. The van der Waals surface area contributed by atoms with Crippen LogP contribution in [0.4, 0.5) is 4.79 Å². The molecule has 3 amide bonds. The number of aliphatic imine (C=N–C) groups is 1. The molecular weight excluding hydrogens is 704 g/mol. The minimum absolute atomic E-state index is 0.108. The predicted octanol–water partition coefficient (Wildman–Crippen LogP) is 5.07. The standard InChI is InChI=1S/C40H48N8O7/c1-24(2)34(46-40(51)53-5)38(49)47-19-7-9-32(47)36-41-22-31(45-36)28-16-13-26(14-17-28)11-12-27-15-18-29-30(21-27)44-37(43-29)33-10-8-20-48(33)39(50)35(25(3)52-4)42-23-55-54-6/h13-18,21-25,32-35H,7-10,19-20H2,1-6H3,(H,41,45)(H,43,44)(H,46,51)/t25-,32+,33+,34+,35+/m1/s1. The Morgan fingerprint density at radius 1 is 0.909 bits per heavy atom. The summed E-state index contributed by atoms with van der Waals surface area (Å²) in [6.45, 7) is 6.75. The first kappa shape index (κ1) is 39.0. The van der Waals surface area contributed by atoms with Crippen LogP contribution in [0.25, 0.3) is 22.3 Å². The molecule has 5 atom stereocenters. The lowest BCUT2D eigenvalue weighted by molar-refractivity contribution is -0.188. The normalized spacial score (nSPS) is 18.7. The number of likely N-dealkylation sites (tertiary alicyclic amines) is 2. The van der Waals surface area contributed by atoms with Crippen LogP contribution in [0.2, 0.25) is 0 Å². The Labute approximate surface area is 320 Å². The first-order chi connectivity index (χ1) is 26.6. The van der Waals surface area contributed by atoms with Gasteiger partial charge in [-0.3, -0.25) is 9.59 Å². The van der Waals surface area contributed by atoms with E-state index in [0.29, 0.717) is 24.7 Å². The number of rotatable bonds is 12. The minimum Gasteiger partial charge on any atom is -0.453 e. The highest BCUT2D eigenvalue weighted by Gasteiger charge is 2.39. The Balaban J connectivity index is 1.12. The molecule has 4 aromatic rings. The van der Waals surface area contributed by atoms with E-state index < -0.39 is 24.3 Å². The number of amides is 3. The summed E-state index contributed by atoms with van der Waals surface area (Å²) in [6.07, 6.45) is 5.03. The molecular formula is C40H48N8O7. The number of nitrogens with zero attached hydrogens (tertiary/aromatic N) is 5. The van der Waals surface area contributed by atoms with Crippen LogP contribution in [-0.2, 0) is 28.8 Å². The fourth-order valence-electron chi connectivity index (χ4n) is 7.12. The molecule has 2 aliphatic heterocycles. The Kier molecular flexibility index (Phi) is 12.5. The molecule has 0 aliphatic carbocycles. The third kappa shape index (κ3) is 8.82. The van der Waals surface area contributed by atoms with Crippen molar-refractivity contribution in [3.8, 4) is 23.1 Å². The third-order valence-corrected chi connectivity index (χ3v) is 10.2. The average Bonchev–Trinajstić information content (AvgIpc) is 4.03. The number of alkyl carbamates (subject to hydrolysis) is 1. The summed E-state index contributed by atoms with van der Waals surface area (Å²) in [5, 5.41) is 2.69. The highest BCUT2D eigenvalue weighted by atomic mass is 17.2. The zero-order valence-electron chi connectivity index (χ0n) is 32.0. The van der Waals surface area contributed by atoms with Gasteiger partial charge in [-0.25, -0.2) is 19.8 Å². The SMILES string of the molecule is COOC=N[C@H](C(=O)N1CCC[C@H]1c1nc2ccc(C#Cc3ccc(-c4cnc([C@@H]5CCCN5C(=O)[C@@H](NC(=O)OC)C(C)C)[nH]4)cc3)cc2[nH]1)[C@@H](C)OC. The predicted molar refractivity (Wildman–Crippen MR) is 204 cm³/mol. The number of methoxy groups -OCH3 is 2. The van der Waals surface area contributed by atoms with Gasteiger partial charge in [-0.05, 0) is 74.4 Å². The molecule has 0 bridgehead atoms. The quantitative estimate of drug-likeness (QED) is 0.0587. The molecule has 0 unspecified atom stereocenters. The van der Waals surface area contributed by atoms with Crippen molar-refractivity contribution in [1.82, 2.24) is 35.1 Å². The van der Waals surface area contributed by atoms with Gasteiger partial charge in [-0.2, -0.15) is 4.89 Å². The van der Waals surface area contributed by atoms with Crippen LogP contribution in [0.3, 0.4) is 0 Å². The first-order valence-electron chi connectivity index (χ1n) is 18.5. The molecule has 6 rings (SSSR count). The number of H-pyrrole nitrogens is 2. The van der Waals surface area contributed by atoms with Gasteiger partial charge in [0.25, 0.3) is 5.91 Å². The van der Waals surface area contributed by atoms with E-state index in [9.17, 15) is 14.4 Å². The highest BCUT2D eigenvalue weighted by Crippen LogP contribution is 2.34. The van der Waals surface area contributed by atoms with Crippen molar-refractivity contribution in [2.75, 3.05) is 34.4 Å². The van der Waals surface area contributed by atoms with Gasteiger partial charge in [0, 0.05) is 31.3 Å². The summed E-state index contributed by atoms with van der Waals surface area (Å²) in [6, 6.07) is 11.8. The number of ether oxygens (including phenoxy) is 2. The monoisotopic (exact) mass is 752 g/mol. The minimum atomic E-state index is -0.792. The summed E-state index contributed by atoms with van der Waals surface area (Å²) in [5.41, 5.74) is 5.07. The lowest BCUT2D eigenvalue weighted by Gasteiger charge is -2.30. The van der Waals surface area contributed by atoms with Gasteiger partial charge < -0.3 is 39.4 Å². The van der Waals surface area contributed by atoms with Crippen LogP contribution in [0.15, 0.2) is 53.7 Å². The van der Waals surface area contributed by atoms with Crippen LogP contribution in [0.5, 0.6) is 0 Å². The second-order valence-corrected chi connectivity index (χ2v) is 14.0. The molecule has 0 saturated carbocycles. The van der Waals surface area contributed by atoms with Gasteiger partial charge in [-0.1, -0.05) is 37.8 Å². The number of fused-ring (bicyclic) bond motifs is 1. The van der Waals surface area contributed by atoms with Crippen LogP contribution < -0.4 is 5.32 Å². The van der Waals surface area contributed by atoms with E-state index in [1.807, 2.05) is 56.3 Å². The molecule has 2 aromatic carbocycles. The van der Waals surface area contributed by atoms with E-state index >= 15 is 0 Å². The van der Waals surface area contributed by atoms with Gasteiger partial charge in [0.05, 0.1) is 55.3 Å². The molecule has 55 heavy (non-hydrogen) atoms. The number of aromatic nitrogens is 4. The lowest BCUT2D eigenvalue weighted by Crippen LogP contribution is -2.51. The molecule has 0 spiro atoms. The molecule has 15 heteroatoms. The van der Waals surface area contributed by atoms with E-state index in [1.165, 1.54) is 14.2 Å². The van der Waals surface area contributed by atoms with Crippen molar-refractivity contribution >= 4 is 35.3 Å². The fraction of sp³-hybridized carbons (Fsp3) is 0.450. The smallest absolute Gasteiger partial charge is 0.407 e. The summed E-state index contributed by atoms with van der Waals surface area (Å²) in [4.78, 5) is 72.6. The molecule has 2 saturated heterocycles. The second-order valence-electron chi connectivity index (χ2n) is 14.0. The number of nitrogens with one attached hydrogen (secondary N) is 3. The maximum Gasteiger partial charge on any atom is 0.407 e. The topological polar surface area (TPSA) is 176 Å². The van der Waals surface area contributed by atoms with E-state index in [0.717, 1.165) is 65.5 Å². The van der Waals surface area contributed by atoms with Gasteiger partial charge in [0.1, 0.15) is 17.7 Å². The Morgan fingerprint density at radius 2 is 1.58 bits per heavy atom. The van der Waals surface area contributed by atoms with E-state index in [2.05, 4.69) is 42.0 Å². The maximum absolute atomic E-state index is 13.6. The Morgan fingerprint density at radius 3 is 2.25 bits per heavy atom. The van der Waals surface area contributed by atoms with Crippen molar-refractivity contribution < 1.29 is 33.6 Å². The fourth-order valence-corrected chi connectivity index (χ4v) is 7.12. The number of hydrogen-bond acceptors (Lipinski definition) is 10. The molecule has 2 fully saturated rings. The molecule has 3 N–H and O–H groups in total. The van der Waals surface area contributed by atoms with Crippen molar-refractivity contribution in [3.05, 3.63) is 71.4 Å². The molecule has 2 aliphatic rings. The van der Waals surface area contributed by atoms with Crippen molar-refractivity contribution in [1.29, 1.82) is 0 Å². The van der Waals surface area contributed by atoms with Crippen LogP contribution in [0.1, 0.15) is 81.3 Å². The summed E-state index contributed by atoms with van der Waals surface area (Å²) >= 11 is 0. The number of carbonyl (C=O) groups is 3. The summed E-state index contributed by atoms with van der Waals surface area (Å²) in [5.74, 6) is 7.51. The Hall–Kier alpha value is -5.72. The molecule has 15 nitrogen and oxygen atoms in total. The first-order valence-corrected chi connectivity index (χ1v) is 18.5. The van der Waals surface area contributed by atoms with Crippen molar-refractivity contribution in [2.45, 2.75) is 76.7 Å². The molecule has 0 radical (unpaired) electrons. The van der Waals surface area contributed by atoms with E-state index in [4.69, 9.17) is 19.3 Å². The maximum atomic E-state index is 13.6.